The smallest absolute Gasteiger partial charge is 0.265 e. The lowest BCUT2D eigenvalue weighted by Gasteiger charge is -2.23. The lowest BCUT2D eigenvalue weighted by molar-refractivity contribution is -0.122. The summed E-state index contributed by atoms with van der Waals surface area (Å²) in [6.07, 6.45) is 1.09. The van der Waals surface area contributed by atoms with Gasteiger partial charge in [0.05, 0.1) is 11.4 Å². The van der Waals surface area contributed by atoms with Crippen molar-refractivity contribution in [3.05, 3.63) is 54.4 Å². The molecule has 1 unspecified atom stereocenters. The van der Waals surface area contributed by atoms with E-state index in [1.54, 1.807) is 31.5 Å². The number of carbonyl (C=O) groups excluding carboxylic acids is 2. The maximum Gasteiger partial charge on any atom is 0.265 e. The van der Waals surface area contributed by atoms with Crippen molar-refractivity contribution >= 4 is 35.0 Å². The SMILES string of the molecule is Cc1ccc(-n2cnnc2SCC(=O)Nc2ccc3c(c2)NC(=O)C(C)O3)cc1. The molecule has 2 N–H and O–H groups in total. The van der Waals surface area contributed by atoms with E-state index in [0.717, 1.165) is 11.3 Å². The van der Waals surface area contributed by atoms with Crippen LogP contribution in [0, 0.1) is 6.92 Å². The Kier molecular flexibility index (Phi) is 5.22. The summed E-state index contributed by atoms with van der Waals surface area (Å²) in [6, 6.07) is 13.1. The summed E-state index contributed by atoms with van der Waals surface area (Å²) in [4.78, 5) is 24.1. The number of thioether (sulfide) groups is 1. The molecule has 0 saturated carbocycles. The van der Waals surface area contributed by atoms with E-state index in [1.807, 2.05) is 35.8 Å². The van der Waals surface area contributed by atoms with Gasteiger partial charge in [0.25, 0.3) is 5.91 Å². The number of carbonyl (C=O) groups is 2. The molecule has 1 aliphatic heterocycles. The summed E-state index contributed by atoms with van der Waals surface area (Å²) in [7, 11) is 0. The quantitative estimate of drug-likeness (QED) is 0.629. The van der Waals surface area contributed by atoms with E-state index in [-0.39, 0.29) is 17.6 Å². The van der Waals surface area contributed by atoms with Gasteiger partial charge in [-0.1, -0.05) is 29.5 Å². The van der Waals surface area contributed by atoms with Crippen LogP contribution in [0.5, 0.6) is 5.75 Å². The Labute approximate surface area is 171 Å². The van der Waals surface area contributed by atoms with E-state index in [9.17, 15) is 9.59 Å². The minimum Gasteiger partial charge on any atom is -0.479 e. The fourth-order valence-corrected chi connectivity index (χ4v) is 3.55. The van der Waals surface area contributed by atoms with Crippen molar-refractivity contribution in [1.82, 2.24) is 14.8 Å². The number of nitrogens with one attached hydrogen (secondary N) is 2. The van der Waals surface area contributed by atoms with Crippen molar-refractivity contribution in [3.63, 3.8) is 0 Å². The molecule has 1 aliphatic rings. The molecule has 0 fully saturated rings. The van der Waals surface area contributed by atoms with E-state index in [4.69, 9.17) is 4.74 Å². The molecule has 29 heavy (non-hydrogen) atoms. The van der Waals surface area contributed by atoms with E-state index in [2.05, 4.69) is 20.8 Å². The third-order valence-corrected chi connectivity index (χ3v) is 5.30. The molecule has 9 heteroatoms. The highest BCUT2D eigenvalue weighted by molar-refractivity contribution is 7.99. The Balaban J connectivity index is 1.39. The molecule has 1 aromatic heterocycles. The summed E-state index contributed by atoms with van der Waals surface area (Å²) in [5, 5.41) is 14.3. The fraction of sp³-hybridized carbons (Fsp3) is 0.200. The third-order valence-electron chi connectivity index (χ3n) is 4.36. The summed E-state index contributed by atoms with van der Waals surface area (Å²) in [6.45, 7) is 3.70. The van der Waals surface area contributed by atoms with Gasteiger partial charge < -0.3 is 15.4 Å². The van der Waals surface area contributed by atoms with Gasteiger partial charge in [0.2, 0.25) is 5.91 Å². The van der Waals surface area contributed by atoms with Gasteiger partial charge >= 0.3 is 0 Å². The van der Waals surface area contributed by atoms with Gasteiger partial charge in [0, 0.05) is 11.4 Å². The lowest BCUT2D eigenvalue weighted by Crippen LogP contribution is -2.34. The molecule has 0 spiro atoms. The van der Waals surface area contributed by atoms with Gasteiger partial charge in [-0.05, 0) is 44.2 Å². The Bertz CT molecular complexity index is 1060. The number of anilines is 2. The number of nitrogens with zero attached hydrogens (tertiary/aromatic N) is 3. The molecule has 0 saturated heterocycles. The molecule has 0 aliphatic carbocycles. The van der Waals surface area contributed by atoms with Crippen molar-refractivity contribution in [1.29, 1.82) is 0 Å². The third kappa shape index (κ3) is 4.24. The average molecular weight is 409 g/mol. The molecule has 0 radical (unpaired) electrons. The standard InChI is InChI=1S/C20H19N5O3S/c1-12-3-6-15(7-4-12)25-11-21-24-20(25)29-10-18(26)22-14-5-8-17-16(9-14)23-19(27)13(2)28-17/h3-9,11,13H,10H2,1-2H3,(H,22,26)(H,23,27). The lowest BCUT2D eigenvalue weighted by atomic mass is 10.2. The van der Waals surface area contributed by atoms with Crippen LogP contribution in [-0.4, -0.2) is 38.4 Å². The van der Waals surface area contributed by atoms with Crippen LogP contribution in [0.4, 0.5) is 11.4 Å². The van der Waals surface area contributed by atoms with Crippen LogP contribution >= 0.6 is 11.8 Å². The zero-order valence-corrected chi connectivity index (χ0v) is 16.7. The second-order valence-corrected chi connectivity index (χ2v) is 7.56. The summed E-state index contributed by atoms with van der Waals surface area (Å²) in [5.74, 6) is 0.342. The molecule has 0 bridgehead atoms. The number of aromatic nitrogens is 3. The van der Waals surface area contributed by atoms with E-state index < -0.39 is 6.10 Å². The van der Waals surface area contributed by atoms with Gasteiger partial charge in [0.1, 0.15) is 12.1 Å². The molecule has 2 aromatic carbocycles. The number of hydrogen-bond donors (Lipinski definition) is 2. The van der Waals surface area contributed by atoms with Crippen LogP contribution in [0.25, 0.3) is 5.69 Å². The number of ether oxygens (including phenoxy) is 1. The van der Waals surface area contributed by atoms with Crippen LogP contribution in [0.2, 0.25) is 0 Å². The molecule has 1 atom stereocenters. The minimum atomic E-state index is -0.537. The number of amides is 2. The van der Waals surface area contributed by atoms with Crippen molar-refractivity contribution < 1.29 is 14.3 Å². The van der Waals surface area contributed by atoms with Crippen LogP contribution in [0.3, 0.4) is 0 Å². The number of rotatable bonds is 5. The predicted octanol–water partition coefficient (Wildman–Crippen LogP) is 3.03. The molecule has 148 valence electrons. The van der Waals surface area contributed by atoms with Crippen molar-refractivity contribution in [2.24, 2.45) is 0 Å². The number of hydrogen-bond acceptors (Lipinski definition) is 6. The summed E-state index contributed by atoms with van der Waals surface area (Å²) < 4.78 is 7.35. The number of fused-ring (bicyclic) bond motifs is 1. The topological polar surface area (TPSA) is 98.1 Å². The van der Waals surface area contributed by atoms with E-state index >= 15 is 0 Å². The maximum atomic E-state index is 12.4. The first-order valence-electron chi connectivity index (χ1n) is 9.01. The highest BCUT2D eigenvalue weighted by atomic mass is 32.2. The van der Waals surface area contributed by atoms with Crippen LogP contribution in [-0.2, 0) is 9.59 Å². The van der Waals surface area contributed by atoms with E-state index in [1.165, 1.54) is 11.8 Å². The average Bonchev–Trinajstić information content (AvgIpc) is 3.17. The molecule has 8 nitrogen and oxygen atoms in total. The fourth-order valence-electron chi connectivity index (χ4n) is 2.82. The molecular formula is C20H19N5O3S. The Morgan fingerprint density at radius 2 is 2.07 bits per heavy atom. The zero-order valence-electron chi connectivity index (χ0n) is 15.9. The normalized spacial score (nSPS) is 15.2. The monoisotopic (exact) mass is 409 g/mol. The Hall–Kier alpha value is -3.33. The van der Waals surface area contributed by atoms with Gasteiger partial charge in [-0.25, -0.2) is 0 Å². The first-order valence-corrected chi connectivity index (χ1v) is 9.99. The van der Waals surface area contributed by atoms with Crippen LogP contribution in [0.1, 0.15) is 12.5 Å². The Morgan fingerprint density at radius 1 is 1.28 bits per heavy atom. The van der Waals surface area contributed by atoms with Crippen molar-refractivity contribution in [2.45, 2.75) is 25.1 Å². The van der Waals surface area contributed by atoms with Crippen LogP contribution < -0.4 is 15.4 Å². The maximum absolute atomic E-state index is 12.4. The second-order valence-electron chi connectivity index (χ2n) is 6.62. The highest BCUT2D eigenvalue weighted by Gasteiger charge is 2.23. The van der Waals surface area contributed by atoms with Gasteiger partial charge in [-0.3, -0.25) is 14.2 Å². The predicted molar refractivity (Wildman–Crippen MR) is 111 cm³/mol. The molecule has 4 rings (SSSR count). The number of aryl methyl sites for hydroxylation is 1. The van der Waals surface area contributed by atoms with E-state index in [0.29, 0.717) is 22.3 Å². The molecular weight excluding hydrogens is 390 g/mol. The minimum absolute atomic E-state index is 0.168. The number of benzene rings is 2. The summed E-state index contributed by atoms with van der Waals surface area (Å²) >= 11 is 1.29. The molecule has 2 amide bonds. The zero-order chi connectivity index (χ0) is 20.4. The molecule has 2 heterocycles. The largest absolute Gasteiger partial charge is 0.479 e. The van der Waals surface area contributed by atoms with Crippen molar-refractivity contribution in [2.75, 3.05) is 16.4 Å². The first-order chi connectivity index (χ1) is 14.0. The summed E-state index contributed by atoms with van der Waals surface area (Å²) in [5.41, 5.74) is 3.21. The van der Waals surface area contributed by atoms with Crippen LogP contribution in [0.15, 0.2) is 53.9 Å². The second kappa shape index (κ2) is 7.96. The van der Waals surface area contributed by atoms with Gasteiger partial charge in [-0.15, -0.1) is 10.2 Å². The molecule has 3 aromatic rings. The first kappa shape index (κ1) is 19.0. The Morgan fingerprint density at radius 3 is 2.86 bits per heavy atom. The highest BCUT2D eigenvalue weighted by Crippen LogP contribution is 2.32. The van der Waals surface area contributed by atoms with Crippen molar-refractivity contribution in [3.8, 4) is 11.4 Å². The van der Waals surface area contributed by atoms with Gasteiger partial charge in [0.15, 0.2) is 11.3 Å². The van der Waals surface area contributed by atoms with Gasteiger partial charge in [-0.2, -0.15) is 0 Å².